The van der Waals surface area contributed by atoms with Crippen LogP contribution in [0.2, 0.25) is 0 Å². The van der Waals surface area contributed by atoms with Crippen molar-refractivity contribution in [1.82, 2.24) is 0 Å². The zero-order valence-corrected chi connectivity index (χ0v) is 11.0. The van der Waals surface area contributed by atoms with Gasteiger partial charge in [0.05, 0.1) is 12.2 Å². The van der Waals surface area contributed by atoms with Crippen molar-refractivity contribution in [3.8, 4) is 0 Å². The number of rotatable bonds is 1. The van der Waals surface area contributed by atoms with E-state index in [9.17, 15) is 0 Å². The van der Waals surface area contributed by atoms with Crippen molar-refractivity contribution in [3.63, 3.8) is 0 Å². The molecular weight excluding hydrogens is 248 g/mol. The van der Waals surface area contributed by atoms with Crippen LogP contribution in [-0.2, 0) is 0 Å². The molecule has 0 saturated heterocycles. The van der Waals surface area contributed by atoms with Crippen LogP contribution in [0.3, 0.4) is 0 Å². The Labute approximate surface area is 116 Å². The van der Waals surface area contributed by atoms with E-state index in [2.05, 4.69) is 23.5 Å². The molecular formula is C17H14N2O. The van der Waals surface area contributed by atoms with E-state index in [0.717, 1.165) is 46.8 Å². The number of hydrogen-bond acceptors (Lipinski definition) is 3. The number of fused-ring (bicyclic) bond motifs is 3. The monoisotopic (exact) mass is 262 g/mol. The third-order valence-electron chi connectivity index (χ3n) is 3.54. The zero-order chi connectivity index (χ0) is 13.4. The second-order valence-corrected chi connectivity index (χ2v) is 4.83. The van der Waals surface area contributed by atoms with E-state index in [1.165, 1.54) is 0 Å². The summed E-state index contributed by atoms with van der Waals surface area (Å²) in [6.07, 6.45) is 0. The second-order valence-electron chi connectivity index (χ2n) is 4.83. The Morgan fingerprint density at radius 2 is 1.75 bits per heavy atom. The first kappa shape index (κ1) is 11.3. The maximum absolute atomic E-state index is 6.04. The van der Waals surface area contributed by atoms with E-state index in [1.807, 2.05) is 36.4 Å². The van der Waals surface area contributed by atoms with Gasteiger partial charge >= 0.3 is 0 Å². The largest absolute Gasteiger partial charge is 0.452 e. The Morgan fingerprint density at radius 3 is 2.65 bits per heavy atom. The summed E-state index contributed by atoms with van der Waals surface area (Å²) in [4.78, 5) is 4.69. The standard InChI is InChI=1S/C17H14N2O/c1-2-6-12(7-3-1)15-17-16(19-11-10-18-15)13-8-4-5-9-14(13)20-17/h1-9,19H,10-11H2. The molecule has 3 nitrogen and oxygen atoms in total. The number of anilines is 1. The predicted molar refractivity (Wildman–Crippen MR) is 81.7 cm³/mol. The molecule has 0 unspecified atom stereocenters. The average molecular weight is 262 g/mol. The van der Waals surface area contributed by atoms with Gasteiger partial charge in [0, 0.05) is 17.5 Å². The van der Waals surface area contributed by atoms with E-state index in [4.69, 9.17) is 9.41 Å². The molecule has 0 spiro atoms. The first-order chi connectivity index (χ1) is 9.93. The molecule has 0 bridgehead atoms. The summed E-state index contributed by atoms with van der Waals surface area (Å²) in [6, 6.07) is 18.3. The number of hydrogen-bond donors (Lipinski definition) is 1. The molecule has 4 rings (SSSR count). The van der Waals surface area contributed by atoms with E-state index in [1.54, 1.807) is 0 Å². The van der Waals surface area contributed by atoms with Gasteiger partial charge in [0.15, 0.2) is 5.76 Å². The molecule has 0 radical (unpaired) electrons. The fourth-order valence-electron chi connectivity index (χ4n) is 2.63. The highest BCUT2D eigenvalue weighted by molar-refractivity contribution is 6.18. The van der Waals surface area contributed by atoms with Gasteiger partial charge in [0.25, 0.3) is 0 Å². The lowest BCUT2D eigenvalue weighted by Gasteiger charge is -2.03. The molecule has 0 atom stereocenters. The summed E-state index contributed by atoms with van der Waals surface area (Å²) in [6.45, 7) is 1.58. The Kier molecular flexibility index (Phi) is 2.56. The van der Waals surface area contributed by atoms with Gasteiger partial charge in [-0.25, -0.2) is 0 Å². The lowest BCUT2D eigenvalue weighted by Crippen LogP contribution is -2.02. The van der Waals surface area contributed by atoms with Crippen LogP contribution in [0.25, 0.3) is 11.0 Å². The Morgan fingerprint density at radius 1 is 0.950 bits per heavy atom. The highest BCUT2D eigenvalue weighted by atomic mass is 16.3. The number of benzene rings is 2. The molecule has 0 saturated carbocycles. The lowest BCUT2D eigenvalue weighted by atomic mass is 10.1. The summed E-state index contributed by atoms with van der Waals surface area (Å²) in [5.41, 5.74) is 3.98. The minimum Gasteiger partial charge on any atom is -0.452 e. The summed E-state index contributed by atoms with van der Waals surface area (Å²) in [5.74, 6) is 0.842. The smallest absolute Gasteiger partial charge is 0.177 e. The van der Waals surface area contributed by atoms with Crippen molar-refractivity contribution in [2.45, 2.75) is 0 Å². The molecule has 0 amide bonds. The summed E-state index contributed by atoms with van der Waals surface area (Å²) < 4.78 is 6.04. The van der Waals surface area contributed by atoms with Gasteiger partial charge in [-0.3, -0.25) is 4.99 Å². The number of nitrogens with one attached hydrogen (secondary N) is 1. The molecule has 2 aromatic carbocycles. The molecule has 1 N–H and O–H groups in total. The Hall–Kier alpha value is -2.55. The third-order valence-corrected chi connectivity index (χ3v) is 3.54. The molecule has 3 heteroatoms. The van der Waals surface area contributed by atoms with Crippen LogP contribution >= 0.6 is 0 Å². The van der Waals surface area contributed by atoms with E-state index in [0.29, 0.717) is 0 Å². The van der Waals surface area contributed by atoms with E-state index >= 15 is 0 Å². The number of aliphatic imine (C=N–C) groups is 1. The topological polar surface area (TPSA) is 37.5 Å². The zero-order valence-electron chi connectivity index (χ0n) is 11.0. The summed E-state index contributed by atoms with van der Waals surface area (Å²) in [5, 5.41) is 4.56. The van der Waals surface area contributed by atoms with Gasteiger partial charge < -0.3 is 9.73 Å². The average Bonchev–Trinajstić information content (AvgIpc) is 2.74. The first-order valence-electron chi connectivity index (χ1n) is 6.79. The van der Waals surface area contributed by atoms with Gasteiger partial charge in [-0.2, -0.15) is 0 Å². The second kappa shape index (κ2) is 4.53. The van der Waals surface area contributed by atoms with Crippen LogP contribution in [0.4, 0.5) is 5.69 Å². The number of para-hydroxylation sites is 1. The fraction of sp³-hybridized carbons (Fsp3) is 0.118. The van der Waals surface area contributed by atoms with E-state index in [-0.39, 0.29) is 0 Å². The van der Waals surface area contributed by atoms with Crippen LogP contribution in [0.1, 0.15) is 11.3 Å². The quantitative estimate of drug-likeness (QED) is 0.726. The molecule has 0 fully saturated rings. The predicted octanol–water partition coefficient (Wildman–Crippen LogP) is 3.70. The minimum atomic E-state index is 0.753. The highest BCUT2D eigenvalue weighted by Gasteiger charge is 2.21. The normalized spacial score (nSPS) is 14.3. The first-order valence-corrected chi connectivity index (χ1v) is 6.79. The Bertz CT molecular complexity index is 787. The van der Waals surface area contributed by atoms with Crippen LogP contribution in [0, 0.1) is 0 Å². The van der Waals surface area contributed by atoms with Crippen molar-refractivity contribution in [1.29, 1.82) is 0 Å². The van der Waals surface area contributed by atoms with Crippen LogP contribution in [0.5, 0.6) is 0 Å². The van der Waals surface area contributed by atoms with Gasteiger partial charge in [-0.05, 0) is 12.1 Å². The number of furan rings is 1. The molecule has 0 aliphatic carbocycles. The molecule has 1 aliphatic heterocycles. The van der Waals surface area contributed by atoms with Gasteiger partial charge in [-0.1, -0.05) is 42.5 Å². The fourth-order valence-corrected chi connectivity index (χ4v) is 2.63. The summed E-state index contributed by atoms with van der Waals surface area (Å²) >= 11 is 0. The van der Waals surface area contributed by atoms with Gasteiger partial charge in [0.1, 0.15) is 11.3 Å². The van der Waals surface area contributed by atoms with Crippen molar-refractivity contribution in [2.24, 2.45) is 4.99 Å². The Balaban J connectivity index is 1.97. The summed E-state index contributed by atoms with van der Waals surface area (Å²) in [7, 11) is 0. The SMILES string of the molecule is c1ccc(C2=NCCNc3c2oc2ccccc32)cc1. The number of nitrogens with zero attached hydrogens (tertiary/aromatic N) is 1. The molecule has 3 aromatic rings. The van der Waals surface area contributed by atoms with Crippen molar-refractivity contribution < 1.29 is 4.42 Å². The van der Waals surface area contributed by atoms with Crippen LogP contribution in [0.15, 0.2) is 64.0 Å². The minimum absolute atomic E-state index is 0.753. The van der Waals surface area contributed by atoms with E-state index < -0.39 is 0 Å². The maximum atomic E-state index is 6.04. The highest BCUT2D eigenvalue weighted by Crippen LogP contribution is 2.33. The van der Waals surface area contributed by atoms with Crippen LogP contribution in [-0.4, -0.2) is 18.8 Å². The lowest BCUT2D eigenvalue weighted by molar-refractivity contribution is 0.607. The van der Waals surface area contributed by atoms with Crippen molar-refractivity contribution in [3.05, 3.63) is 65.9 Å². The van der Waals surface area contributed by atoms with Crippen molar-refractivity contribution in [2.75, 3.05) is 18.4 Å². The van der Waals surface area contributed by atoms with Gasteiger partial charge in [0.2, 0.25) is 0 Å². The molecule has 20 heavy (non-hydrogen) atoms. The molecule has 98 valence electrons. The molecule has 1 aliphatic rings. The van der Waals surface area contributed by atoms with Crippen LogP contribution < -0.4 is 5.32 Å². The van der Waals surface area contributed by atoms with Crippen molar-refractivity contribution >= 4 is 22.4 Å². The molecule has 1 aromatic heterocycles. The molecule has 2 heterocycles. The van der Waals surface area contributed by atoms with Gasteiger partial charge in [-0.15, -0.1) is 0 Å². The maximum Gasteiger partial charge on any atom is 0.177 e. The third kappa shape index (κ3) is 1.71.